The second kappa shape index (κ2) is 8.29. The fraction of sp³-hybridized carbons (Fsp3) is 0.562. The molecule has 0 radical (unpaired) electrons. The minimum atomic E-state index is -3.33. The highest BCUT2D eigenvalue weighted by Crippen LogP contribution is 2.19. The number of nitrogens with one attached hydrogen (secondary N) is 1. The van der Waals surface area contributed by atoms with Crippen molar-refractivity contribution in [1.29, 1.82) is 0 Å². The smallest absolute Gasteiger partial charge is 0.220 e. The number of amides is 1. The molecule has 1 heterocycles. The van der Waals surface area contributed by atoms with Gasteiger partial charge in [-0.1, -0.05) is 29.8 Å². The quantitative estimate of drug-likeness (QED) is 0.780. The van der Waals surface area contributed by atoms with E-state index in [4.69, 9.17) is 16.3 Å². The monoisotopic (exact) mass is 374 g/mol. The van der Waals surface area contributed by atoms with Gasteiger partial charge in [-0.2, -0.15) is 0 Å². The molecule has 0 saturated carbocycles. The summed E-state index contributed by atoms with van der Waals surface area (Å²) in [5.41, 5.74) is 0.920. The van der Waals surface area contributed by atoms with Crippen molar-refractivity contribution >= 4 is 27.5 Å². The Hall–Kier alpha value is -1.15. The third-order valence-corrected chi connectivity index (χ3v) is 6.44. The topological polar surface area (TPSA) is 75.7 Å². The fourth-order valence-electron chi connectivity index (χ4n) is 2.57. The van der Waals surface area contributed by atoms with Gasteiger partial charge in [0.25, 0.3) is 0 Å². The molecule has 24 heavy (non-hydrogen) atoms. The van der Waals surface area contributed by atoms with E-state index >= 15 is 0 Å². The Morgan fingerprint density at radius 3 is 2.71 bits per heavy atom. The first-order valence-corrected chi connectivity index (χ1v) is 9.79. The summed E-state index contributed by atoms with van der Waals surface area (Å²) >= 11 is 6.08. The maximum Gasteiger partial charge on any atom is 0.220 e. The number of hydrogen-bond donors (Lipinski definition) is 1. The summed E-state index contributed by atoms with van der Waals surface area (Å²) in [6, 6.07) is 7.13. The van der Waals surface area contributed by atoms with Gasteiger partial charge in [0.1, 0.15) is 0 Å². The normalized spacial score (nSPS) is 21.2. The van der Waals surface area contributed by atoms with Gasteiger partial charge in [-0.15, -0.1) is 0 Å². The Morgan fingerprint density at radius 1 is 1.33 bits per heavy atom. The number of carbonyl (C=O) groups excluding carboxylic acids is 1. The van der Waals surface area contributed by atoms with Crippen LogP contribution in [0.1, 0.15) is 12.0 Å². The molecule has 0 aromatic heterocycles. The van der Waals surface area contributed by atoms with Gasteiger partial charge >= 0.3 is 0 Å². The molecular weight excluding hydrogens is 352 g/mol. The molecule has 2 atom stereocenters. The molecule has 8 heteroatoms. The first kappa shape index (κ1) is 19.2. The van der Waals surface area contributed by atoms with Crippen LogP contribution in [0.25, 0.3) is 0 Å². The molecule has 1 aromatic rings. The molecule has 0 bridgehead atoms. The lowest BCUT2D eigenvalue weighted by Crippen LogP contribution is -2.43. The van der Waals surface area contributed by atoms with Crippen LogP contribution in [0.15, 0.2) is 24.3 Å². The van der Waals surface area contributed by atoms with E-state index in [9.17, 15) is 13.2 Å². The predicted molar refractivity (Wildman–Crippen MR) is 93.5 cm³/mol. The summed E-state index contributed by atoms with van der Waals surface area (Å²) in [6.45, 7) is 0.675. The highest BCUT2D eigenvalue weighted by atomic mass is 35.5. The van der Waals surface area contributed by atoms with Crippen molar-refractivity contribution in [2.24, 2.45) is 5.92 Å². The molecule has 1 saturated heterocycles. The van der Waals surface area contributed by atoms with Crippen molar-refractivity contribution in [2.45, 2.75) is 18.9 Å². The second-order valence-corrected chi connectivity index (χ2v) is 8.76. The largest absolute Gasteiger partial charge is 0.379 e. The Kier molecular flexibility index (Phi) is 6.62. The van der Waals surface area contributed by atoms with Gasteiger partial charge in [-0.05, 0) is 18.1 Å². The first-order valence-electron chi connectivity index (χ1n) is 7.80. The molecule has 0 unspecified atom stereocenters. The molecule has 134 valence electrons. The van der Waals surface area contributed by atoms with Crippen LogP contribution >= 0.6 is 11.6 Å². The van der Waals surface area contributed by atoms with Crippen LogP contribution in [0.2, 0.25) is 5.02 Å². The van der Waals surface area contributed by atoms with E-state index in [2.05, 4.69) is 5.32 Å². The van der Waals surface area contributed by atoms with Crippen molar-refractivity contribution in [3.05, 3.63) is 34.9 Å². The second-order valence-electron chi connectivity index (χ2n) is 6.12. The third-order valence-electron chi connectivity index (χ3n) is 4.11. The number of halogens is 1. The summed E-state index contributed by atoms with van der Waals surface area (Å²) in [5.74, 6) is -0.394. The van der Waals surface area contributed by atoms with Crippen molar-refractivity contribution in [1.82, 2.24) is 9.62 Å². The van der Waals surface area contributed by atoms with Crippen molar-refractivity contribution in [2.75, 3.05) is 33.1 Å². The van der Waals surface area contributed by atoms with Crippen LogP contribution in [0, 0.1) is 5.92 Å². The van der Waals surface area contributed by atoms with E-state index in [-0.39, 0.29) is 23.6 Å². The van der Waals surface area contributed by atoms with Crippen LogP contribution in [-0.4, -0.2) is 57.7 Å². The first-order chi connectivity index (χ1) is 11.3. The predicted octanol–water partition coefficient (Wildman–Crippen LogP) is 1.30. The van der Waals surface area contributed by atoms with E-state index in [0.29, 0.717) is 31.1 Å². The number of ether oxygens (including phenoxy) is 1. The lowest BCUT2D eigenvalue weighted by Gasteiger charge is -2.21. The minimum Gasteiger partial charge on any atom is -0.379 e. The molecule has 1 aromatic carbocycles. The van der Waals surface area contributed by atoms with Crippen LogP contribution in [-0.2, 0) is 26.0 Å². The molecule has 1 aliphatic rings. The molecule has 1 N–H and O–H groups in total. The van der Waals surface area contributed by atoms with Crippen LogP contribution in [0.5, 0.6) is 0 Å². The molecular formula is C16H23ClN2O4S. The van der Waals surface area contributed by atoms with Crippen LogP contribution in [0.4, 0.5) is 0 Å². The number of aryl methyl sites for hydroxylation is 1. The van der Waals surface area contributed by atoms with Gasteiger partial charge in [0.05, 0.1) is 25.0 Å². The summed E-state index contributed by atoms with van der Waals surface area (Å²) in [7, 11) is -0.322. The summed E-state index contributed by atoms with van der Waals surface area (Å²) < 4.78 is 30.6. The lowest BCUT2D eigenvalue weighted by molar-refractivity contribution is -0.121. The van der Waals surface area contributed by atoms with E-state index in [1.165, 1.54) is 18.4 Å². The minimum absolute atomic E-state index is 0.0323. The van der Waals surface area contributed by atoms with E-state index < -0.39 is 10.0 Å². The number of carbonyl (C=O) groups is 1. The Morgan fingerprint density at radius 2 is 2.04 bits per heavy atom. The fourth-order valence-corrected chi connectivity index (χ4v) is 3.97. The molecule has 2 rings (SSSR count). The highest BCUT2D eigenvalue weighted by molar-refractivity contribution is 7.89. The third kappa shape index (κ3) is 5.17. The van der Waals surface area contributed by atoms with E-state index in [0.717, 1.165) is 5.56 Å². The zero-order valence-corrected chi connectivity index (χ0v) is 15.4. The van der Waals surface area contributed by atoms with E-state index in [1.807, 2.05) is 18.2 Å². The van der Waals surface area contributed by atoms with Gasteiger partial charge in [0.15, 0.2) is 0 Å². The number of hydrogen-bond acceptors (Lipinski definition) is 4. The molecule has 1 fully saturated rings. The maximum atomic E-state index is 12.2. The number of nitrogens with zero attached hydrogens (tertiary/aromatic N) is 1. The summed E-state index contributed by atoms with van der Waals surface area (Å²) in [4.78, 5) is 12.2. The highest BCUT2D eigenvalue weighted by Gasteiger charge is 2.34. The molecule has 1 aliphatic heterocycles. The zero-order chi connectivity index (χ0) is 17.7. The Balaban J connectivity index is 1.87. The van der Waals surface area contributed by atoms with Crippen molar-refractivity contribution < 1.29 is 17.9 Å². The standard InChI is InChI=1S/C16H23ClN2O4S/c1-19(2)24(21,22)11-13-9-23-10-15(13)18-16(20)8-7-12-5-3-4-6-14(12)17/h3-6,13,15H,7-11H2,1-2H3,(H,18,20)/t13-,15+/m0/s1. The number of rotatable bonds is 7. The number of benzene rings is 1. The van der Waals surface area contributed by atoms with Gasteiger partial charge in [0.2, 0.25) is 15.9 Å². The van der Waals surface area contributed by atoms with Crippen LogP contribution in [0.3, 0.4) is 0 Å². The maximum absolute atomic E-state index is 12.2. The summed E-state index contributed by atoms with van der Waals surface area (Å²) in [5, 5.41) is 3.53. The summed E-state index contributed by atoms with van der Waals surface area (Å²) in [6.07, 6.45) is 0.840. The number of sulfonamides is 1. The Labute approximate surface area is 148 Å². The van der Waals surface area contributed by atoms with E-state index in [1.54, 1.807) is 6.07 Å². The SMILES string of the molecule is CN(C)S(=O)(=O)C[C@@H]1COC[C@H]1NC(=O)CCc1ccccc1Cl. The van der Waals surface area contributed by atoms with Crippen molar-refractivity contribution in [3.8, 4) is 0 Å². The average Bonchev–Trinajstić information content (AvgIpc) is 2.92. The molecule has 0 aliphatic carbocycles. The van der Waals surface area contributed by atoms with Crippen LogP contribution < -0.4 is 5.32 Å². The lowest BCUT2D eigenvalue weighted by atomic mass is 10.1. The van der Waals surface area contributed by atoms with Gasteiger partial charge < -0.3 is 10.1 Å². The molecule has 0 spiro atoms. The molecule has 1 amide bonds. The zero-order valence-electron chi connectivity index (χ0n) is 13.9. The average molecular weight is 375 g/mol. The van der Waals surface area contributed by atoms with Crippen molar-refractivity contribution in [3.63, 3.8) is 0 Å². The molecule has 6 nitrogen and oxygen atoms in total. The Bertz CT molecular complexity index is 678. The van der Waals surface area contributed by atoms with Gasteiger partial charge in [-0.25, -0.2) is 12.7 Å². The van der Waals surface area contributed by atoms with Gasteiger partial charge in [-0.3, -0.25) is 4.79 Å². The van der Waals surface area contributed by atoms with Gasteiger partial charge in [0, 0.05) is 31.5 Å².